The van der Waals surface area contributed by atoms with E-state index in [0.717, 1.165) is 28.8 Å². The number of hydrogen-bond acceptors (Lipinski definition) is 1. The summed E-state index contributed by atoms with van der Waals surface area (Å²) < 4.78 is 26.4. The Kier molecular flexibility index (Phi) is 3.91. The third-order valence-electron chi connectivity index (χ3n) is 3.16. The molecule has 2 aromatic carbocycles. The van der Waals surface area contributed by atoms with Gasteiger partial charge in [-0.25, -0.2) is 8.78 Å². The Hall–Kier alpha value is -1.74. The van der Waals surface area contributed by atoms with Crippen molar-refractivity contribution in [2.45, 2.75) is 20.8 Å². The first kappa shape index (κ1) is 14.7. The van der Waals surface area contributed by atoms with E-state index >= 15 is 0 Å². The molecule has 0 heterocycles. The fourth-order valence-corrected chi connectivity index (χ4v) is 2.61. The lowest BCUT2D eigenvalue weighted by Gasteiger charge is -2.11. The van der Waals surface area contributed by atoms with Gasteiger partial charge >= 0.3 is 0 Å². The molecule has 0 atom stereocenters. The normalized spacial score (nSPS) is 10.7. The van der Waals surface area contributed by atoms with Crippen molar-refractivity contribution in [3.63, 3.8) is 0 Å². The molecule has 0 saturated carbocycles. The van der Waals surface area contributed by atoms with Crippen LogP contribution in [0.25, 0.3) is 0 Å². The van der Waals surface area contributed by atoms with E-state index in [1.165, 1.54) is 0 Å². The standard InChI is InChI=1S/C16H13ClF2O/c1-8-4-9(2)15(10(3)5-8)16(20)11-6-13(18)14(19)7-12(11)17/h4-7H,1-3H3. The highest BCUT2D eigenvalue weighted by Gasteiger charge is 2.20. The number of halogens is 3. The average Bonchev–Trinajstić information content (AvgIpc) is 2.32. The molecule has 0 bridgehead atoms. The Labute approximate surface area is 121 Å². The van der Waals surface area contributed by atoms with E-state index in [1.54, 1.807) is 13.8 Å². The molecule has 0 aromatic heterocycles. The topological polar surface area (TPSA) is 17.1 Å². The Bertz CT molecular complexity index is 685. The van der Waals surface area contributed by atoms with Gasteiger partial charge in [0.1, 0.15) is 0 Å². The van der Waals surface area contributed by atoms with Gasteiger partial charge in [-0.2, -0.15) is 0 Å². The molecule has 0 N–H and O–H groups in total. The van der Waals surface area contributed by atoms with Gasteiger partial charge in [-0.1, -0.05) is 29.3 Å². The second kappa shape index (κ2) is 5.33. The largest absolute Gasteiger partial charge is 0.289 e. The molecule has 20 heavy (non-hydrogen) atoms. The number of rotatable bonds is 2. The third kappa shape index (κ3) is 2.59. The van der Waals surface area contributed by atoms with Gasteiger partial charge < -0.3 is 0 Å². The van der Waals surface area contributed by atoms with E-state index < -0.39 is 17.4 Å². The van der Waals surface area contributed by atoms with Gasteiger partial charge in [-0.15, -0.1) is 0 Å². The van der Waals surface area contributed by atoms with E-state index in [1.807, 2.05) is 19.1 Å². The van der Waals surface area contributed by atoms with Gasteiger partial charge in [0.2, 0.25) is 0 Å². The molecule has 0 spiro atoms. The monoisotopic (exact) mass is 294 g/mol. The second-order valence-corrected chi connectivity index (χ2v) is 5.26. The van der Waals surface area contributed by atoms with Crippen molar-refractivity contribution in [2.75, 3.05) is 0 Å². The second-order valence-electron chi connectivity index (χ2n) is 4.85. The zero-order chi connectivity index (χ0) is 15.0. The van der Waals surface area contributed by atoms with E-state index in [0.29, 0.717) is 5.56 Å². The summed E-state index contributed by atoms with van der Waals surface area (Å²) in [6.07, 6.45) is 0. The number of carbonyl (C=O) groups is 1. The van der Waals surface area contributed by atoms with Crippen LogP contribution in [0.1, 0.15) is 32.6 Å². The van der Waals surface area contributed by atoms with Crippen LogP contribution < -0.4 is 0 Å². The van der Waals surface area contributed by atoms with Gasteiger partial charge in [-0.3, -0.25) is 4.79 Å². The van der Waals surface area contributed by atoms with Crippen molar-refractivity contribution in [1.29, 1.82) is 0 Å². The molecule has 2 aromatic rings. The van der Waals surface area contributed by atoms with E-state index in [2.05, 4.69) is 0 Å². The summed E-state index contributed by atoms with van der Waals surface area (Å²) in [4.78, 5) is 12.5. The first-order valence-corrected chi connectivity index (χ1v) is 6.46. The molecule has 104 valence electrons. The SMILES string of the molecule is Cc1cc(C)c(C(=O)c2cc(F)c(F)cc2Cl)c(C)c1. The highest BCUT2D eigenvalue weighted by atomic mass is 35.5. The van der Waals surface area contributed by atoms with Crippen LogP contribution in [0, 0.1) is 32.4 Å². The van der Waals surface area contributed by atoms with Crippen molar-refractivity contribution >= 4 is 17.4 Å². The predicted molar refractivity (Wildman–Crippen MR) is 75.5 cm³/mol. The van der Waals surface area contributed by atoms with Crippen molar-refractivity contribution in [3.8, 4) is 0 Å². The minimum absolute atomic E-state index is 0.0272. The summed E-state index contributed by atoms with van der Waals surface area (Å²) in [6, 6.07) is 5.41. The predicted octanol–water partition coefficient (Wildman–Crippen LogP) is 4.77. The van der Waals surface area contributed by atoms with Gasteiger partial charge in [0, 0.05) is 11.1 Å². The van der Waals surface area contributed by atoms with Crippen LogP contribution in [0.5, 0.6) is 0 Å². The first-order chi connectivity index (χ1) is 9.31. The molecule has 2 rings (SSSR count). The van der Waals surface area contributed by atoms with Crippen molar-refractivity contribution in [1.82, 2.24) is 0 Å². The molecule has 1 nitrogen and oxygen atoms in total. The molecule has 0 radical (unpaired) electrons. The van der Waals surface area contributed by atoms with Gasteiger partial charge in [0.25, 0.3) is 0 Å². The fourth-order valence-electron chi connectivity index (χ4n) is 2.37. The molecular formula is C16H13ClF2O. The molecule has 0 aliphatic heterocycles. The molecule has 0 unspecified atom stereocenters. The molecule has 0 saturated heterocycles. The Morgan fingerprint density at radius 2 is 1.45 bits per heavy atom. The van der Waals surface area contributed by atoms with Gasteiger partial charge in [0.05, 0.1) is 5.02 Å². The average molecular weight is 295 g/mol. The number of ketones is 1. The number of aryl methyl sites for hydroxylation is 3. The highest BCUT2D eigenvalue weighted by molar-refractivity contribution is 6.35. The van der Waals surface area contributed by atoms with Crippen LogP contribution in [-0.2, 0) is 0 Å². The quantitative estimate of drug-likeness (QED) is 0.576. The Balaban J connectivity index is 2.61. The lowest BCUT2D eigenvalue weighted by molar-refractivity contribution is 0.103. The maximum atomic E-state index is 13.3. The van der Waals surface area contributed by atoms with E-state index in [-0.39, 0.29) is 10.6 Å². The van der Waals surface area contributed by atoms with Crippen LogP contribution in [0.3, 0.4) is 0 Å². The summed E-state index contributed by atoms with van der Waals surface area (Å²) in [5, 5.41) is -0.0896. The Morgan fingerprint density at radius 1 is 0.950 bits per heavy atom. The molecule has 0 aliphatic rings. The third-order valence-corrected chi connectivity index (χ3v) is 3.47. The molecule has 0 aliphatic carbocycles. The summed E-state index contributed by atoms with van der Waals surface area (Å²) in [5.74, 6) is -2.55. The molecule has 0 amide bonds. The van der Waals surface area contributed by atoms with Crippen LogP contribution in [-0.4, -0.2) is 5.78 Å². The van der Waals surface area contributed by atoms with Crippen LogP contribution in [0.2, 0.25) is 5.02 Å². The van der Waals surface area contributed by atoms with Crippen molar-refractivity contribution in [2.24, 2.45) is 0 Å². The van der Waals surface area contributed by atoms with Gasteiger partial charge in [-0.05, 0) is 44.0 Å². The summed E-state index contributed by atoms with van der Waals surface area (Å²) >= 11 is 5.85. The molecule has 0 fully saturated rings. The number of benzene rings is 2. The Morgan fingerprint density at radius 3 is 2.00 bits per heavy atom. The maximum absolute atomic E-state index is 13.3. The van der Waals surface area contributed by atoms with Crippen LogP contribution in [0.4, 0.5) is 8.78 Å². The summed E-state index contributed by atoms with van der Waals surface area (Å²) in [7, 11) is 0. The summed E-state index contributed by atoms with van der Waals surface area (Å²) in [5.41, 5.74) is 3.05. The van der Waals surface area contributed by atoms with E-state index in [9.17, 15) is 13.6 Å². The minimum atomic E-state index is -1.08. The summed E-state index contributed by atoms with van der Waals surface area (Å²) in [6.45, 7) is 5.54. The number of hydrogen-bond donors (Lipinski definition) is 0. The van der Waals surface area contributed by atoms with E-state index in [4.69, 9.17) is 11.6 Å². The number of carbonyl (C=O) groups excluding carboxylic acids is 1. The molecular weight excluding hydrogens is 282 g/mol. The smallest absolute Gasteiger partial charge is 0.195 e. The highest BCUT2D eigenvalue weighted by Crippen LogP contribution is 2.26. The lowest BCUT2D eigenvalue weighted by Crippen LogP contribution is -2.08. The lowest BCUT2D eigenvalue weighted by atomic mass is 9.93. The first-order valence-electron chi connectivity index (χ1n) is 6.08. The van der Waals surface area contributed by atoms with Crippen molar-refractivity contribution < 1.29 is 13.6 Å². The van der Waals surface area contributed by atoms with Crippen LogP contribution in [0.15, 0.2) is 24.3 Å². The zero-order valence-corrected chi connectivity index (χ0v) is 12.1. The van der Waals surface area contributed by atoms with Crippen LogP contribution >= 0.6 is 11.6 Å². The molecule has 4 heteroatoms. The maximum Gasteiger partial charge on any atom is 0.195 e. The zero-order valence-electron chi connectivity index (χ0n) is 11.4. The van der Waals surface area contributed by atoms with Gasteiger partial charge in [0.15, 0.2) is 17.4 Å². The minimum Gasteiger partial charge on any atom is -0.289 e. The van der Waals surface area contributed by atoms with Crippen molar-refractivity contribution in [3.05, 3.63) is 68.7 Å². The fraction of sp³-hybridized carbons (Fsp3) is 0.188.